The molecule has 1 rings (SSSR count). The Labute approximate surface area is 128 Å². The number of nitrogens with zero attached hydrogens (tertiary/aromatic N) is 1. The molecule has 0 saturated carbocycles. The van der Waals surface area contributed by atoms with Gasteiger partial charge in [0.2, 0.25) is 0 Å². The summed E-state index contributed by atoms with van der Waals surface area (Å²) in [6.45, 7) is 5.61. The number of halogens is 1. The maximum absolute atomic E-state index is 11.4. The summed E-state index contributed by atoms with van der Waals surface area (Å²) in [6, 6.07) is 2.85. The Morgan fingerprint density at radius 3 is 2.43 bits per heavy atom. The van der Waals surface area contributed by atoms with Gasteiger partial charge in [-0.25, -0.2) is 0 Å². The number of anilines is 1. The molecule has 1 aromatic rings. The summed E-state index contributed by atoms with van der Waals surface area (Å²) in [6.07, 6.45) is 0.983. The largest absolute Gasteiger partial charge is 0.481 e. The third-order valence-corrected chi connectivity index (χ3v) is 4.22. The molecule has 0 unspecified atom stereocenters. The van der Waals surface area contributed by atoms with Crippen molar-refractivity contribution in [3.8, 4) is 0 Å². The van der Waals surface area contributed by atoms with Gasteiger partial charge in [0.15, 0.2) is 0 Å². The quantitative estimate of drug-likeness (QED) is 0.589. The average Bonchev–Trinajstić information content (AvgIpc) is 2.42. The van der Waals surface area contributed by atoms with Crippen molar-refractivity contribution >= 4 is 28.9 Å². The molecule has 0 atom stereocenters. The van der Waals surface area contributed by atoms with Crippen LogP contribution in [0.15, 0.2) is 12.1 Å². The lowest BCUT2D eigenvalue weighted by atomic mass is 9.82. The molecule has 1 aromatic carbocycles. The Kier molecular flexibility index (Phi) is 5.54. The number of nitrogens with one attached hydrogen (secondary N) is 1. The zero-order chi connectivity index (χ0) is 16.2. The number of aryl methyl sites for hydroxylation is 1. The predicted octanol–water partition coefficient (Wildman–Crippen LogP) is 3.86. The van der Waals surface area contributed by atoms with Crippen LogP contribution < -0.4 is 5.32 Å². The number of benzene rings is 1. The summed E-state index contributed by atoms with van der Waals surface area (Å²) in [5.41, 5.74) is 0.242. The SMILES string of the molecule is CCC(CC)(CNc1cc(Cl)c([N+](=O)[O-])cc1C)C(=O)O. The van der Waals surface area contributed by atoms with Crippen molar-refractivity contribution < 1.29 is 14.8 Å². The Hall–Kier alpha value is -1.82. The standard InChI is InChI=1S/C14H19ClN2O4/c1-4-14(5-2,13(18)19)8-16-11-7-10(15)12(17(20)21)6-9(11)3/h6-7,16H,4-5,8H2,1-3H3,(H,18,19). The maximum atomic E-state index is 11.4. The fourth-order valence-electron chi connectivity index (χ4n) is 2.14. The Morgan fingerprint density at radius 1 is 1.43 bits per heavy atom. The zero-order valence-corrected chi connectivity index (χ0v) is 13.0. The summed E-state index contributed by atoms with van der Waals surface area (Å²) >= 11 is 5.88. The average molecular weight is 315 g/mol. The van der Waals surface area contributed by atoms with Crippen LogP contribution in [-0.4, -0.2) is 22.5 Å². The van der Waals surface area contributed by atoms with Crippen LogP contribution in [0, 0.1) is 22.5 Å². The van der Waals surface area contributed by atoms with Gasteiger partial charge < -0.3 is 10.4 Å². The summed E-state index contributed by atoms with van der Waals surface area (Å²) in [5.74, 6) is -0.856. The molecule has 0 bridgehead atoms. The normalized spacial score (nSPS) is 11.2. The maximum Gasteiger partial charge on any atom is 0.311 e. The molecule has 6 nitrogen and oxygen atoms in total. The van der Waals surface area contributed by atoms with Crippen LogP contribution in [0.2, 0.25) is 5.02 Å². The van der Waals surface area contributed by atoms with Crippen LogP contribution in [-0.2, 0) is 4.79 Å². The minimum Gasteiger partial charge on any atom is -0.481 e. The lowest BCUT2D eigenvalue weighted by Crippen LogP contribution is -2.37. The minimum absolute atomic E-state index is 0.0296. The molecule has 0 aliphatic heterocycles. The molecule has 0 amide bonds. The smallest absolute Gasteiger partial charge is 0.311 e. The highest BCUT2D eigenvalue weighted by atomic mass is 35.5. The number of carboxylic acids is 1. The first kappa shape index (κ1) is 17.2. The van der Waals surface area contributed by atoms with Gasteiger partial charge in [-0.05, 0) is 31.4 Å². The number of rotatable bonds is 7. The van der Waals surface area contributed by atoms with Crippen molar-refractivity contribution in [1.82, 2.24) is 0 Å². The third kappa shape index (κ3) is 3.64. The number of aliphatic carboxylic acids is 1. The first-order chi connectivity index (χ1) is 9.77. The first-order valence-corrected chi connectivity index (χ1v) is 7.07. The number of carbonyl (C=O) groups is 1. The van der Waals surface area contributed by atoms with Crippen molar-refractivity contribution in [1.29, 1.82) is 0 Å². The highest BCUT2D eigenvalue weighted by molar-refractivity contribution is 6.33. The minimum atomic E-state index is -0.860. The highest BCUT2D eigenvalue weighted by Gasteiger charge is 2.34. The molecule has 2 N–H and O–H groups in total. The van der Waals surface area contributed by atoms with E-state index in [0.29, 0.717) is 24.1 Å². The van der Waals surface area contributed by atoms with Gasteiger partial charge in [-0.3, -0.25) is 14.9 Å². The second-order valence-corrected chi connectivity index (χ2v) is 5.43. The third-order valence-electron chi connectivity index (χ3n) is 3.91. The van der Waals surface area contributed by atoms with Gasteiger partial charge in [0, 0.05) is 18.3 Å². The van der Waals surface area contributed by atoms with Crippen molar-refractivity contribution in [2.75, 3.05) is 11.9 Å². The van der Waals surface area contributed by atoms with Crippen LogP contribution in [0.4, 0.5) is 11.4 Å². The molecule has 0 saturated heterocycles. The fraction of sp³-hybridized carbons (Fsp3) is 0.500. The predicted molar refractivity (Wildman–Crippen MR) is 82.0 cm³/mol. The van der Waals surface area contributed by atoms with E-state index in [0.717, 1.165) is 0 Å². The molecular formula is C14H19ClN2O4. The number of hydrogen-bond donors (Lipinski definition) is 2. The van der Waals surface area contributed by atoms with Gasteiger partial charge in [-0.15, -0.1) is 0 Å². The van der Waals surface area contributed by atoms with Gasteiger partial charge in [0.1, 0.15) is 5.02 Å². The lowest BCUT2D eigenvalue weighted by molar-refractivity contribution is -0.384. The van der Waals surface area contributed by atoms with Crippen molar-refractivity contribution in [2.24, 2.45) is 5.41 Å². The van der Waals surface area contributed by atoms with E-state index in [2.05, 4.69) is 5.32 Å². The summed E-state index contributed by atoms with van der Waals surface area (Å²) in [7, 11) is 0. The highest BCUT2D eigenvalue weighted by Crippen LogP contribution is 2.32. The second kappa shape index (κ2) is 6.76. The molecule has 116 valence electrons. The molecule has 0 radical (unpaired) electrons. The van der Waals surface area contributed by atoms with Gasteiger partial charge in [0.05, 0.1) is 10.3 Å². The molecule has 0 heterocycles. The van der Waals surface area contributed by atoms with Crippen LogP contribution in [0.3, 0.4) is 0 Å². The Morgan fingerprint density at radius 2 is 2.00 bits per heavy atom. The van der Waals surface area contributed by atoms with Gasteiger partial charge >= 0.3 is 5.97 Å². The number of nitro benzene ring substituents is 1. The van der Waals surface area contributed by atoms with Crippen LogP contribution in [0.1, 0.15) is 32.3 Å². The van der Waals surface area contributed by atoms with E-state index >= 15 is 0 Å². The molecule has 0 fully saturated rings. The molecule has 21 heavy (non-hydrogen) atoms. The van der Waals surface area contributed by atoms with E-state index in [9.17, 15) is 20.0 Å². The summed E-state index contributed by atoms with van der Waals surface area (Å²) in [4.78, 5) is 21.7. The molecule has 0 spiro atoms. The monoisotopic (exact) mass is 314 g/mol. The van der Waals surface area contributed by atoms with E-state index in [1.165, 1.54) is 12.1 Å². The molecule has 0 aliphatic carbocycles. The van der Waals surface area contributed by atoms with E-state index < -0.39 is 16.3 Å². The van der Waals surface area contributed by atoms with E-state index in [1.807, 2.05) is 13.8 Å². The summed E-state index contributed by atoms with van der Waals surface area (Å²) in [5, 5.41) is 23.3. The Balaban J connectivity index is 3.01. The van der Waals surface area contributed by atoms with Crippen LogP contribution in [0.25, 0.3) is 0 Å². The van der Waals surface area contributed by atoms with E-state index in [1.54, 1.807) is 6.92 Å². The second-order valence-electron chi connectivity index (χ2n) is 5.02. The van der Waals surface area contributed by atoms with Crippen molar-refractivity contribution in [3.63, 3.8) is 0 Å². The van der Waals surface area contributed by atoms with Crippen LogP contribution in [0.5, 0.6) is 0 Å². The molecule has 0 aliphatic rings. The lowest BCUT2D eigenvalue weighted by Gasteiger charge is -2.27. The molecule has 0 aromatic heterocycles. The van der Waals surface area contributed by atoms with E-state index in [-0.39, 0.29) is 17.3 Å². The topological polar surface area (TPSA) is 92.5 Å². The van der Waals surface area contributed by atoms with Gasteiger partial charge in [-0.2, -0.15) is 0 Å². The van der Waals surface area contributed by atoms with Crippen molar-refractivity contribution in [3.05, 3.63) is 32.8 Å². The first-order valence-electron chi connectivity index (χ1n) is 6.69. The molecule has 7 heteroatoms. The number of hydrogen-bond acceptors (Lipinski definition) is 4. The van der Waals surface area contributed by atoms with Gasteiger partial charge in [0.25, 0.3) is 5.69 Å². The summed E-state index contributed by atoms with van der Waals surface area (Å²) < 4.78 is 0. The molecular weight excluding hydrogens is 296 g/mol. The van der Waals surface area contributed by atoms with E-state index in [4.69, 9.17) is 11.6 Å². The Bertz CT molecular complexity index is 556. The van der Waals surface area contributed by atoms with Crippen LogP contribution >= 0.6 is 11.6 Å². The fourth-order valence-corrected chi connectivity index (χ4v) is 2.37. The number of nitro groups is 1. The van der Waals surface area contributed by atoms with Gasteiger partial charge in [-0.1, -0.05) is 25.4 Å². The number of carboxylic acid groups (broad SMARTS) is 1. The van der Waals surface area contributed by atoms with Crippen molar-refractivity contribution in [2.45, 2.75) is 33.6 Å². The zero-order valence-electron chi connectivity index (χ0n) is 12.3.